The number of fused-ring (bicyclic) bond motifs is 2. The third-order valence-electron chi connectivity index (χ3n) is 6.28. The van der Waals surface area contributed by atoms with Crippen LogP contribution < -0.4 is 0 Å². The molecular formula is C15H25NO3S. The number of piperidine rings is 1. The van der Waals surface area contributed by atoms with Gasteiger partial charge in [0.2, 0.25) is 10.0 Å². The van der Waals surface area contributed by atoms with E-state index in [2.05, 4.69) is 13.8 Å². The molecule has 0 unspecified atom stereocenters. The summed E-state index contributed by atoms with van der Waals surface area (Å²) in [4.78, 5) is 12.5. The fourth-order valence-corrected chi connectivity index (χ4v) is 6.95. The fraction of sp³-hybridized carbons (Fsp3) is 0.933. The third-order valence-corrected chi connectivity index (χ3v) is 8.29. The highest BCUT2D eigenvalue weighted by atomic mass is 32.2. The molecule has 1 heterocycles. The molecule has 0 radical (unpaired) electrons. The van der Waals surface area contributed by atoms with Crippen LogP contribution in [0.15, 0.2) is 0 Å². The second-order valence-electron chi connectivity index (χ2n) is 7.38. The second kappa shape index (κ2) is 4.54. The number of nitrogens with zero attached hydrogens (tertiary/aromatic N) is 1. The minimum Gasteiger partial charge on any atom is -0.299 e. The Labute approximate surface area is 122 Å². The first-order valence-corrected chi connectivity index (χ1v) is 9.42. The van der Waals surface area contributed by atoms with E-state index in [1.807, 2.05) is 0 Å². The van der Waals surface area contributed by atoms with E-state index < -0.39 is 15.4 Å². The summed E-state index contributed by atoms with van der Waals surface area (Å²) in [6.07, 6.45) is 5.37. The SMILES string of the molecule is CC1(C)[C@H]2CC[C@]1(CS(=O)(=O)N1CCCCC1)C(=O)C2. The molecule has 1 aliphatic heterocycles. The minimum atomic E-state index is -3.30. The van der Waals surface area contributed by atoms with E-state index in [0.717, 1.165) is 32.1 Å². The number of Topliss-reactive ketones (excluding diaryl/α,β-unsaturated/α-hetero) is 1. The molecule has 2 saturated carbocycles. The van der Waals surface area contributed by atoms with Gasteiger partial charge in [-0.25, -0.2) is 12.7 Å². The van der Waals surface area contributed by atoms with Gasteiger partial charge < -0.3 is 0 Å². The molecule has 2 bridgehead atoms. The summed E-state index contributed by atoms with van der Waals surface area (Å²) in [5.74, 6) is 0.619. The predicted molar refractivity (Wildman–Crippen MR) is 77.8 cm³/mol. The van der Waals surface area contributed by atoms with Crippen LogP contribution in [0.5, 0.6) is 0 Å². The molecule has 20 heavy (non-hydrogen) atoms. The van der Waals surface area contributed by atoms with Crippen LogP contribution in [-0.2, 0) is 14.8 Å². The van der Waals surface area contributed by atoms with Crippen LogP contribution >= 0.6 is 0 Å². The Morgan fingerprint density at radius 3 is 2.35 bits per heavy atom. The van der Waals surface area contributed by atoms with E-state index in [9.17, 15) is 13.2 Å². The van der Waals surface area contributed by atoms with Crippen molar-refractivity contribution in [3.8, 4) is 0 Å². The number of ketones is 1. The largest absolute Gasteiger partial charge is 0.299 e. The van der Waals surface area contributed by atoms with Crippen LogP contribution in [0, 0.1) is 16.7 Å². The topological polar surface area (TPSA) is 54.5 Å². The van der Waals surface area contributed by atoms with E-state index in [1.54, 1.807) is 4.31 Å². The first-order chi connectivity index (χ1) is 9.30. The summed E-state index contributed by atoms with van der Waals surface area (Å²) >= 11 is 0. The van der Waals surface area contributed by atoms with Gasteiger partial charge in [0.1, 0.15) is 5.78 Å². The number of carbonyl (C=O) groups excluding carboxylic acids is 1. The van der Waals surface area contributed by atoms with E-state index >= 15 is 0 Å². The number of sulfonamides is 1. The van der Waals surface area contributed by atoms with Crippen molar-refractivity contribution in [2.75, 3.05) is 18.8 Å². The van der Waals surface area contributed by atoms with Gasteiger partial charge in [-0.2, -0.15) is 0 Å². The van der Waals surface area contributed by atoms with Gasteiger partial charge >= 0.3 is 0 Å². The van der Waals surface area contributed by atoms with E-state index in [0.29, 0.717) is 25.4 Å². The van der Waals surface area contributed by atoms with Crippen molar-refractivity contribution in [3.63, 3.8) is 0 Å². The second-order valence-corrected chi connectivity index (χ2v) is 9.35. The highest BCUT2D eigenvalue weighted by Crippen LogP contribution is 2.64. The average Bonchev–Trinajstić information content (AvgIpc) is 2.73. The summed E-state index contributed by atoms with van der Waals surface area (Å²) in [5.41, 5.74) is -0.777. The molecule has 5 heteroatoms. The molecular weight excluding hydrogens is 274 g/mol. The smallest absolute Gasteiger partial charge is 0.215 e. The number of carbonyl (C=O) groups is 1. The molecule has 2 aliphatic carbocycles. The van der Waals surface area contributed by atoms with Gasteiger partial charge in [0.15, 0.2) is 0 Å². The molecule has 4 nitrogen and oxygen atoms in total. The van der Waals surface area contributed by atoms with Crippen molar-refractivity contribution in [2.24, 2.45) is 16.7 Å². The molecule has 114 valence electrons. The predicted octanol–water partition coefficient (Wildman–Crippen LogP) is 2.20. The van der Waals surface area contributed by atoms with Gasteiger partial charge in [0.05, 0.1) is 5.75 Å². The Kier molecular flexibility index (Phi) is 3.29. The molecule has 1 saturated heterocycles. The Bertz CT molecular complexity index is 519. The number of hydrogen-bond acceptors (Lipinski definition) is 3. The van der Waals surface area contributed by atoms with Gasteiger partial charge in [0.25, 0.3) is 0 Å². The van der Waals surface area contributed by atoms with Crippen LogP contribution in [-0.4, -0.2) is 37.3 Å². The first kappa shape index (κ1) is 14.5. The molecule has 3 fully saturated rings. The molecule has 0 aromatic heterocycles. The summed E-state index contributed by atoms with van der Waals surface area (Å²) < 4.78 is 27.1. The molecule has 2 atom stereocenters. The number of rotatable bonds is 3. The first-order valence-electron chi connectivity index (χ1n) is 7.81. The molecule has 3 rings (SSSR count). The van der Waals surface area contributed by atoms with Crippen molar-refractivity contribution in [3.05, 3.63) is 0 Å². The monoisotopic (exact) mass is 299 g/mol. The maximum absolute atomic E-state index is 12.7. The summed E-state index contributed by atoms with van der Waals surface area (Å²) in [5, 5.41) is 0. The normalized spacial score (nSPS) is 37.5. The lowest BCUT2D eigenvalue weighted by Crippen LogP contribution is -2.47. The van der Waals surface area contributed by atoms with Crippen LogP contribution in [0.1, 0.15) is 52.4 Å². The average molecular weight is 299 g/mol. The van der Waals surface area contributed by atoms with Crippen LogP contribution in [0.3, 0.4) is 0 Å². The maximum atomic E-state index is 12.7. The Morgan fingerprint density at radius 1 is 1.20 bits per heavy atom. The molecule has 0 amide bonds. The molecule has 0 spiro atoms. The van der Waals surface area contributed by atoms with Crippen molar-refractivity contribution >= 4 is 15.8 Å². The molecule has 0 aromatic carbocycles. The third kappa shape index (κ3) is 1.89. The van der Waals surface area contributed by atoms with Crippen LogP contribution in [0.25, 0.3) is 0 Å². The van der Waals surface area contributed by atoms with Crippen molar-refractivity contribution in [1.29, 1.82) is 0 Å². The van der Waals surface area contributed by atoms with E-state index in [-0.39, 0.29) is 17.0 Å². The lowest BCUT2D eigenvalue weighted by molar-refractivity contribution is -0.128. The quantitative estimate of drug-likeness (QED) is 0.803. The lowest BCUT2D eigenvalue weighted by Gasteiger charge is -2.38. The summed E-state index contributed by atoms with van der Waals surface area (Å²) in [6.45, 7) is 5.47. The lowest BCUT2D eigenvalue weighted by atomic mass is 9.70. The van der Waals surface area contributed by atoms with Gasteiger partial charge in [-0.3, -0.25) is 4.79 Å². The summed E-state index contributed by atoms with van der Waals surface area (Å²) in [7, 11) is -3.30. The molecule has 3 aliphatic rings. The molecule has 0 N–H and O–H groups in total. The van der Waals surface area contributed by atoms with E-state index in [1.165, 1.54) is 0 Å². The van der Waals surface area contributed by atoms with Gasteiger partial charge in [-0.15, -0.1) is 0 Å². The van der Waals surface area contributed by atoms with E-state index in [4.69, 9.17) is 0 Å². The standard InChI is InChI=1S/C15H25NO3S/c1-14(2)12-6-7-15(14,13(17)10-12)11-20(18,19)16-8-4-3-5-9-16/h12H,3-11H2,1-2H3/t12-,15-/m0/s1. The zero-order valence-electron chi connectivity index (χ0n) is 12.5. The van der Waals surface area contributed by atoms with Crippen molar-refractivity contribution < 1.29 is 13.2 Å². The Morgan fingerprint density at radius 2 is 1.85 bits per heavy atom. The minimum absolute atomic E-state index is 0.0440. The Hall–Kier alpha value is -0.420. The van der Waals surface area contributed by atoms with Crippen molar-refractivity contribution in [1.82, 2.24) is 4.31 Å². The van der Waals surface area contributed by atoms with Gasteiger partial charge in [-0.1, -0.05) is 20.3 Å². The van der Waals surface area contributed by atoms with Crippen LogP contribution in [0.4, 0.5) is 0 Å². The van der Waals surface area contributed by atoms with Crippen molar-refractivity contribution in [2.45, 2.75) is 52.4 Å². The highest BCUT2D eigenvalue weighted by Gasteiger charge is 2.65. The summed E-state index contributed by atoms with van der Waals surface area (Å²) in [6, 6.07) is 0. The van der Waals surface area contributed by atoms with Gasteiger partial charge in [-0.05, 0) is 37.0 Å². The zero-order valence-corrected chi connectivity index (χ0v) is 13.3. The van der Waals surface area contributed by atoms with Gasteiger partial charge in [0, 0.05) is 24.9 Å². The Balaban J connectivity index is 1.88. The fourth-order valence-electron chi connectivity index (χ4n) is 4.65. The maximum Gasteiger partial charge on any atom is 0.215 e. The van der Waals surface area contributed by atoms with Crippen LogP contribution in [0.2, 0.25) is 0 Å². The number of hydrogen-bond donors (Lipinski definition) is 0. The molecule has 0 aromatic rings. The highest BCUT2D eigenvalue weighted by molar-refractivity contribution is 7.89. The zero-order chi connectivity index (χ0) is 14.6.